The van der Waals surface area contributed by atoms with Crippen molar-refractivity contribution in [2.75, 3.05) is 13.2 Å². The maximum Gasteiger partial charge on any atom is 0.237 e. The largest absolute Gasteiger partial charge is 0.491 e. The summed E-state index contributed by atoms with van der Waals surface area (Å²) < 4.78 is 6.55. The third kappa shape index (κ3) is 4.54. The Bertz CT molecular complexity index is 516. The zero-order valence-corrected chi connectivity index (χ0v) is 13.5. The van der Waals surface area contributed by atoms with Crippen molar-refractivity contribution in [2.45, 2.75) is 31.8 Å². The van der Waals surface area contributed by atoms with Gasteiger partial charge in [-0.05, 0) is 44.0 Å². The highest BCUT2D eigenvalue weighted by molar-refractivity contribution is 9.10. The van der Waals surface area contributed by atoms with Crippen LogP contribution in [0.5, 0.6) is 5.75 Å². The van der Waals surface area contributed by atoms with Crippen molar-refractivity contribution in [1.29, 1.82) is 0 Å². The summed E-state index contributed by atoms with van der Waals surface area (Å²) in [7, 11) is 0. The third-order valence-corrected chi connectivity index (χ3v) is 3.93. The van der Waals surface area contributed by atoms with E-state index in [0.717, 1.165) is 29.4 Å². The number of carbonyl (C=O) groups excluding carboxylic acids is 2. The molecule has 0 spiro atoms. The van der Waals surface area contributed by atoms with E-state index >= 15 is 0 Å². The Balaban J connectivity index is 1.88. The smallest absolute Gasteiger partial charge is 0.237 e. The van der Waals surface area contributed by atoms with Crippen LogP contribution < -0.4 is 15.4 Å². The molecule has 0 bridgehead atoms. The molecule has 0 radical (unpaired) electrons. The van der Waals surface area contributed by atoms with Crippen molar-refractivity contribution in [1.82, 2.24) is 10.6 Å². The summed E-state index contributed by atoms with van der Waals surface area (Å²) in [4.78, 5) is 23.1. The summed E-state index contributed by atoms with van der Waals surface area (Å²) >= 11 is 3.38. The lowest BCUT2D eigenvalue weighted by molar-refractivity contribution is -0.125. The molecule has 1 aromatic carbocycles. The van der Waals surface area contributed by atoms with E-state index in [-0.39, 0.29) is 18.6 Å². The maximum atomic E-state index is 12.0. The number of halogens is 1. The maximum absolute atomic E-state index is 12.0. The van der Waals surface area contributed by atoms with Crippen LogP contribution in [0.2, 0.25) is 0 Å². The van der Waals surface area contributed by atoms with Gasteiger partial charge in [-0.3, -0.25) is 4.79 Å². The zero-order chi connectivity index (χ0) is 15.2. The highest BCUT2D eigenvalue weighted by atomic mass is 79.9. The second kappa shape index (κ2) is 7.56. The molecule has 2 rings (SSSR count). The van der Waals surface area contributed by atoms with Gasteiger partial charge in [0.15, 0.2) is 0 Å². The zero-order valence-electron chi connectivity index (χ0n) is 11.9. The highest BCUT2D eigenvalue weighted by Gasteiger charge is 2.24. The van der Waals surface area contributed by atoms with Crippen LogP contribution >= 0.6 is 15.9 Å². The number of rotatable bonds is 6. The van der Waals surface area contributed by atoms with Crippen LogP contribution in [0.25, 0.3) is 0 Å². The third-order valence-electron chi connectivity index (χ3n) is 3.44. The SMILES string of the molecule is Cc1ccc(Br)cc1OCC(C=O)NC(=O)[C@@H]1CCCN1. The first-order valence-corrected chi connectivity index (χ1v) is 7.77. The molecule has 21 heavy (non-hydrogen) atoms. The van der Waals surface area contributed by atoms with Crippen LogP contribution in [0.3, 0.4) is 0 Å². The van der Waals surface area contributed by atoms with Gasteiger partial charge in [-0.1, -0.05) is 22.0 Å². The van der Waals surface area contributed by atoms with Gasteiger partial charge in [-0.25, -0.2) is 0 Å². The summed E-state index contributed by atoms with van der Waals surface area (Å²) in [6.45, 7) is 2.90. The first-order valence-electron chi connectivity index (χ1n) is 6.98. The Kier molecular flexibility index (Phi) is 5.76. The lowest BCUT2D eigenvalue weighted by atomic mass is 10.2. The molecule has 114 valence electrons. The number of carbonyl (C=O) groups is 2. The molecule has 1 aliphatic heterocycles. The lowest BCUT2D eigenvalue weighted by Gasteiger charge is -2.17. The summed E-state index contributed by atoms with van der Waals surface area (Å²) in [6, 6.07) is 4.86. The number of aryl methyl sites for hydroxylation is 1. The van der Waals surface area contributed by atoms with Gasteiger partial charge in [-0.15, -0.1) is 0 Å². The van der Waals surface area contributed by atoms with Crippen molar-refractivity contribution >= 4 is 28.1 Å². The van der Waals surface area contributed by atoms with Crippen LogP contribution in [-0.4, -0.2) is 37.4 Å². The molecular weight excluding hydrogens is 336 g/mol. The molecule has 1 unspecified atom stereocenters. The molecule has 0 aliphatic carbocycles. The molecule has 6 heteroatoms. The molecule has 1 aliphatic rings. The highest BCUT2D eigenvalue weighted by Crippen LogP contribution is 2.22. The Morgan fingerprint density at radius 1 is 1.62 bits per heavy atom. The normalized spacial score (nSPS) is 19.0. The van der Waals surface area contributed by atoms with E-state index in [1.807, 2.05) is 25.1 Å². The Labute approximate surface area is 132 Å². The summed E-state index contributed by atoms with van der Waals surface area (Å²) in [6.07, 6.45) is 2.50. The van der Waals surface area contributed by atoms with Crippen LogP contribution in [0.4, 0.5) is 0 Å². The second-order valence-corrected chi connectivity index (χ2v) is 6.04. The van der Waals surface area contributed by atoms with Crippen LogP contribution in [-0.2, 0) is 9.59 Å². The van der Waals surface area contributed by atoms with Gasteiger partial charge < -0.3 is 20.2 Å². The monoisotopic (exact) mass is 354 g/mol. The fraction of sp³-hybridized carbons (Fsp3) is 0.467. The number of benzene rings is 1. The van der Waals surface area contributed by atoms with Gasteiger partial charge in [-0.2, -0.15) is 0 Å². The van der Waals surface area contributed by atoms with E-state index < -0.39 is 6.04 Å². The van der Waals surface area contributed by atoms with E-state index in [1.165, 1.54) is 0 Å². The Morgan fingerprint density at radius 2 is 2.43 bits per heavy atom. The molecule has 1 amide bonds. The number of amides is 1. The summed E-state index contributed by atoms with van der Waals surface area (Å²) in [5.74, 6) is 0.559. The van der Waals surface area contributed by atoms with E-state index in [4.69, 9.17) is 4.74 Å². The van der Waals surface area contributed by atoms with Crippen LogP contribution in [0, 0.1) is 6.92 Å². The molecule has 1 saturated heterocycles. The van der Waals surface area contributed by atoms with E-state index in [9.17, 15) is 9.59 Å². The number of ether oxygens (including phenoxy) is 1. The van der Waals surface area contributed by atoms with Crippen molar-refractivity contribution < 1.29 is 14.3 Å². The number of nitrogens with one attached hydrogen (secondary N) is 2. The van der Waals surface area contributed by atoms with Crippen molar-refractivity contribution in [3.05, 3.63) is 28.2 Å². The average Bonchev–Trinajstić information content (AvgIpc) is 3.00. The van der Waals surface area contributed by atoms with Gasteiger partial charge >= 0.3 is 0 Å². The molecule has 2 atom stereocenters. The van der Waals surface area contributed by atoms with Crippen LogP contribution in [0.1, 0.15) is 18.4 Å². The van der Waals surface area contributed by atoms with E-state index in [2.05, 4.69) is 26.6 Å². The van der Waals surface area contributed by atoms with Gasteiger partial charge in [0.1, 0.15) is 24.7 Å². The van der Waals surface area contributed by atoms with Crippen molar-refractivity contribution in [3.8, 4) is 5.75 Å². The molecule has 2 N–H and O–H groups in total. The average molecular weight is 355 g/mol. The number of aldehydes is 1. The fourth-order valence-corrected chi connectivity index (χ4v) is 2.56. The van der Waals surface area contributed by atoms with Crippen LogP contribution in [0.15, 0.2) is 22.7 Å². The van der Waals surface area contributed by atoms with Gasteiger partial charge in [0.25, 0.3) is 0 Å². The van der Waals surface area contributed by atoms with E-state index in [0.29, 0.717) is 12.0 Å². The predicted octanol–water partition coefficient (Wildman–Crippen LogP) is 1.57. The number of hydrogen-bond acceptors (Lipinski definition) is 4. The molecule has 1 heterocycles. The van der Waals surface area contributed by atoms with Gasteiger partial charge in [0, 0.05) is 4.47 Å². The van der Waals surface area contributed by atoms with Crippen molar-refractivity contribution in [2.24, 2.45) is 0 Å². The molecule has 1 aromatic rings. The Morgan fingerprint density at radius 3 is 3.10 bits per heavy atom. The minimum absolute atomic E-state index is 0.124. The molecule has 1 fully saturated rings. The molecule has 5 nitrogen and oxygen atoms in total. The molecule has 0 saturated carbocycles. The molecular formula is C15H19BrN2O3. The minimum Gasteiger partial charge on any atom is -0.491 e. The first-order chi connectivity index (χ1) is 10.1. The summed E-state index contributed by atoms with van der Waals surface area (Å²) in [5.41, 5.74) is 0.978. The topological polar surface area (TPSA) is 67.4 Å². The number of hydrogen-bond donors (Lipinski definition) is 2. The summed E-state index contributed by atoms with van der Waals surface area (Å²) in [5, 5.41) is 5.81. The predicted molar refractivity (Wildman–Crippen MR) is 83.4 cm³/mol. The van der Waals surface area contributed by atoms with Gasteiger partial charge in [0.2, 0.25) is 5.91 Å². The molecule has 0 aromatic heterocycles. The fourth-order valence-electron chi connectivity index (χ4n) is 2.22. The minimum atomic E-state index is -0.640. The first kappa shape index (κ1) is 16.0. The van der Waals surface area contributed by atoms with Crippen molar-refractivity contribution in [3.63, 3.8) is 0 Å². The standard InChI is InChI=1S/C15H19BrN2O3/c1-10-4-5-11(16)7-14(10)21-9-12(8-19)18-15(20)13-3-2-6-17-13/h4-5,7-8,12-13,17H,2-3,6,9H2,1H3,(H,18,20)/t12?,13-/m0/s1. The second-order valence-electron chi connectivity index (χ2n) is 5.12. The van der Waals surface area contributed by atoms with Gasteiger partial charge in [0.05, 0.1) is 6.04 Å². The quantitative estimate of drug-likeness (QED) is 0.761. The Hall–Kier alpha value is -1.40. The lowest BCUT2D eigenvalue weighted by Crippen LogP contribution is -2.48. The van der Waals surface area contributed by atoms with E-state index in [1.54, 1.807) is 0 Å².